The van der Waals surface area contributed by atoms with Crippen molar-refractivity contribution in [1.29, 1.82) is 0 Å². The molecule has 1 aromatic carbocycles. The number of anilines is 1. The highest BCUT2D eigenvalue weighted by molar-refractivity contribution is 14.1. The quantitative estimate of drug-likeness (QED) is 0.483. The highest BCUT2D eigenvalue weighted by Crippen LogP contribution is 2.31. The lowest BCUT2D eigenvalue weighted by molar-refractivity contribution is -0.384. The lowest BCUT2D eigenvalue weighted by Crippen LogP contribution is -2.49. The lowest BCUT2D eigenvalue weighted by Gasteiger charge is -2.40. The Morgan fingerprint density at radius 1 is 1.60 bits per heavy atom. The Morgan fingerprint density at radius 3 is 2.90 bits per heavy atom. The molecule has 0 amide bonds. The van der Waals surface area contributed by atoms with E-state index in [1.165, 1.54) is 0 Å². The van der Waals surface area contributed by atoms with Crippen LogP contribution < -0.4 is 10.6 Å². The summed E-state index contributed by atoms with van der Waals surface area (Å²) in [5.41, 5.74) is 7.00. The van der Waals surface area contributed by atoms with Crippen molar-refractivity contribution < 1.29 is 9.66 Å². The van der Waals surface area contributed by atoms with Gasteiger partial charge in [-0.2, -0.15) is 0 Å². The van der Waals surface area contributed by atoms with E-state index in [4.69, 9.17) is 10.5 Å². The maximum Gasteiger partial charge on any atom is 0.270 e. The zero-order valence-electron chi connectivity index (χ0n) is 11.3. The molecule has 2 N–H and O–H groups in total. The Labute approximate surface area is 131 Å². The molecule has 20 heavy (non-hydrogen) atoms. The highest BCUT2D eigenvalue weighted by Gasteiger charge is 2.29. The van der Waals surface area contributed by atoms with E-state index in [0.717, 1.165) is 28.6 Å². The number of halogens is 1. The average Bonchev–Trinajstić information content (AvgIpc) is 2.46. The first-order valence-corrected chi connectivity index (χ1v) is 7.58. The van der Waals surface area contributed by atoms with Crippen LogP contribution in [0.15, 0.2) is 18.2 Å². The molecule has 1 heterocycles. The monoisotopic (exact) mass is 391 g/mol. The van der Waals surface area contributed by atoms with Gasteiger partial charge in [0.1, 0.15) is 0 Å². The molecule has 0 radical (unpaired) electrons. The molecule has 2 atom stereocenters. The van der Waals surface area contributed by atoms with Gasteiger partial charge in [-0.15, -0.1) is 0 Å². The highest BCUT2D eigenvalue weighted by atomic mass is 127. The molecule has 110 valence electrons. The van der Waals surface area contributed by atoms with Crippen LogP contribution in [-0.2, 0) is 4.74 Å². The summed E-state index contributed by atoms with van der Waals surface area (Å²) in [6.07, 6.45) is 2.08. The van der Waals surface area contributed by atoms with Gasteiger partial charge in [-0.1, -0.05) is 0 Å². The Hall–Kier alpha value is -0.930. The molecule has 1 aromatic rings. The van der Waals surface area contributed by atoms with Gasteiger partial charge in [0.15, 0.2) is 0 Å². The fourth-order valence-electron chi connectivity index (χ4n) is 2.61. The number of nitro groups is 1. The second-order valence-corrected chi connectivity index (χ2v) is 6.02. The summed E-state index contributed by atoms with van der Waals surface area (Å²) in [4.78, 5) is 12.7. The van der Waals surface area contributed by atoms with E-state index in [2.05, 4.69) is 27.5 Å². The van der Waals surface area contributed by atoms with Crippen molar-refractivity contribution in [1.82, 2.24) is 0 Å². The minimum atomic E-state index is -0.372. The van der Waals surface area contributed by atoms with Gasteiger partial charge in [0.2, 0.25) is 0 Å². The van der Waals surface area contributed by atoms with Crippen molar-refractivity contribution in [2.75, 3.05) is 25.1 Å². The van der Waals surface area contributed by atoms with Gasteiger partial charge >= 0.3 is 0 Å². The zero-order valence-corrected chi connectivity index (χ0v) is 13.4. The van der Waals surface area contributed by atoms with Gasteiger partial charge in [0.05, 0.1) is 16.7 Å². The molecule has 1 fully saturated rings. The summed E-state index contributed by atoms with van der Waals surface area (Å²) in [6, 6.07) is 5.18. The fourth-order valence-corrected chi connectivity index (χ4v) is 3.42. The van der Waals surface area contributed by atoms with Crippen LogP contribution in [0, 0.1) is 13.7 Å². The van der Waals surface area contributed by atoms with Gasteiger partial charge in [0, 0.05) is 41.9 Å². The third kappa shape index (κ3) is 3.21. The number of rotatable bonds is 4. The minimum Gasteiger partial charge on any atom is -0.381 e. The van der Waals surface area contributed by atoms with Crippen molar-refractivity contribution in [3.05, 3.63) is 31.9 Å². The molecule has 2 rings (SSSR count). The van der Waals surface area contributed by atoms with Crippen LogP contribution in [0.4, 0.5) is 11.4 Å². The van der Waals surface area contributed by atoms with Crippen LogP contribution in [0.5, 0.6) is 0 Å². The molecular formula is C13H18IN3O3. The minimum absolute atomic E-state index is 0.120. The van der Waals surface area contributed by atoms with E-state index in [-0.39, 0.29) is 22.8 Å². The van der Waals surface area contributed by atoms with E-state index >= 15 is 0 Å². The first kappa shape index (κ1) is 15.5. The predicted octanol–water partition coefficient (Wildman–Crippen LogP) is 2.14. The van der Waals surface area contributed by atoms with E-state index in [1.807, 2.05) is 6.07 Å². The molecule has 6 nitrogen and oxygen atoms in total. The molecule has 2 unspecified atom stereocenters. The van der Waals surface area contributed by atoms with Crippen molar-refractivity contribution in [2.24, 2.45) is 5.73 Å². The Kier molecular flexibility index (Phi) is 5.17. The first-order valence-electron chi connectivity index (χ1n) is 6.50. The summed E-state index contributed by atoms with van der Waals surface area (Å²) in [5, 5.41) is 10.8. The van der Waals surface area contributed by atoms with Gasteiger partial charge in [-0.25, -0.2) is 0 Å². The van der Waals surface area contributed by atoms with Crippen LogP contribution in [0.25, 0.3) is 0 Å². The van der Waals surface area contributed by atoms with Crippen molar-refractivity contribution >= 4 is 34.0 Å². The molecule has 1 saturated heterocycles. The Balaban J connectivity index is 2.24. The summed E-state index contributed by atoms with van der Waals surface area (Å²) >= 11 is 2.14. The Bertz CT molecular complexity index is 498. The molecule has 1 aliphatic rings. The second kappa shape index (κ2) is 6.68. The molecule has 0 aliphatic carbocycles. The second-order valence-electron chi connectivity index (χ2n) is 4.86. The topological polar surface area (TPSA) is 81.6 Å². The van der Waals surface area contributed by atoms with E-state index < -0.39 is 0 Å². The SMILES string of the molecule is COC1CCN(c2ccc([N+](=O)[O-])cc2I)C(CN)C1. The number of piperidine rings is 1. The van der Waals surface area contributed by atoms with Crippen molar-refractivity contribution in [3.63, 3.8) is 0 Å². The van der Waals surface area contributed by atoms with Gasteiger partial charge in [-0.05, 0) is 41.5 Å². The lowest BCUT2D eigenvalue weighted by atomic mass is 9.98. The summed E-state index contributed by atoms with van der Waals surface area (Å²) < 4.78 is 6.30. The fraction of sp³-hybridized carbons (Fsp3) is 0.538. The molecule has 1 aliphatic heterocycles. The van der Waals surface area contributed by atoms with E-state index in [9.17, 15) is 10.1 Å². The third-order valence-corrected chi connectivity index (χ3v) is 4.59. The number of nitro benzene ring substituents is 1. The standard InChI is InChI=1S/C13H18IN3O3/c1-20-11-4-5-16(10(6-11)8-15)13-3-2-9(17(18)19)7-12(13)14/h2-3,7,10-11H,4-6,8,15H2,1H3. The molecule has 0 spiro atoms. The van der Waals surface area contributed by atoms with Crippen molar-refractivity contribution in [2.45, 2.75) is 25.0 Å². The molecular weight excluding hydrogens is 373 g/mol. The molecule has 0 aromatic heterocycles. The first-order chi connectivity index (χ1) is 9.56. The van der Waals surface area contributed by atoms with Gasteiger partial charge in [0.25, 0.3) is 5.69 Å². The Morgan fingerprint density at radius 2 is 2.35 bits per heavy atom. The number of nitrogens with zero attached hydrogens (tertiary/aromatic N) is 2. The van der Waals surface area contributed by atoms with E-state index in [1.54, 1.807) is 19.2 Å². The number of hydrogen-bond donors (Lipinski definition) is 1. The summed E-state index contributed by atoms with van der Waals surface area (Å²) in [5.74, 6) is 0. The van der Waals surface area contributed by atoms with Crippen LogP contribution in [0.3, 0.4) is 0 Å². The normalized spacial score (nSPS) is 22.9. The summed E-state index contributed by atoms with van der Waals surface area (Å²) in [6.45, 7) is 1.40. The van der Waals surface area contributed by atoms with Crippen LogP contribution >= 0.6 is 22.6 Å². The maximum atomic E-state index is 10.8. The smallest absolute Gasteiger partial charge is 0.270 e. The zero-order chi connectivity index (χ0) is 14.7. The summed E-state index contributed by atoms with van der Waals surface area (Å²) in [7, 11) is 1.73. The molecule has 0 saturated carbocycles. The van der Waals surface area contributed by atoms with Gasteiger partial charge < -0.3 is 15.4 Å². The maximum absolute atomic E-state index is 10.8. The van der Waals surface area contributed by atoms with Crippen LogP contribution in [0.2, 0.25) is 0 Å². The van der Waals surface area contributed by atoms with E-state index in [0.29, 0.717) is 6.54 Å². The van der Waals surface area contributed by atoms with Crippen LogP contribution in [0.1, 0.15) is 12.8 Å². The number of hydrogen-bond acceptors (Lipinski definition) is 5. The van der Waals surface area contributed by atoms with Crippen molar-refractivity contribution in [3.8, 4) is 0 Å². The molecule has 7 heteroatoms. The molecule has 0 bridgehead atoms. The van der Waals surface area contributed by atoms with Gasteiger partial charge in [-0.3, -0.25) is 10.1 Å². The largest absolute Gasteiger partial charge is 0.381 e. The van der Waals surface area contributed by atoms with Crippen LogP contribution in [-0.4, -0.2) is 37.3 Å². The number of methoxy groups -OCH3 is 1. The number of ether oxygens (including phenoxy) is 1. The third-order valence-electron chi connectivity index (χ3n) is 3.72. The average molecular weight is 391 g/mol. The number of nitrogens with two attached hydrogens (primary N) is 1. The number of non-ortho nitro benzene ring substituents is 1. The predicted molar refractivity (Wildman–Crippen MR) is 86.0 cm³/mol. The number of benzene rings is 1.